The number of phenols is 4. The molecule has 9 rings (SSSR count). The molecular formula is C48H40N4O8P4. The van der Waals surface area contributed by atoms with Crippen molar-refractivity contribution in [3.63, 3.8) is 0 Å². The molecule has 0 bridgehead atoms. The Morgan fingerprint density at radius 3 is 0.875 bits per heavy atom. The van der Waals surface area contributed by atoms with E-state index in [2.05, 4.69) is 0 Å². The predicted molar refractivity (Wildman–Crippen MR) is 257 cm³/mol. The number of nitrogens with zero attached hydrogens (tertiary/aromatic N) is 4. The minimum Gasteiger partial charge on any atom is -0.508 e. The van der Waals surface area contributed by atoms with Crippen LogP contribution in [0.2, 0.25) is 0 Å². The van der Waals surface area contributed by atoms with E-state index in [-0.39, 0.29) is 23.0 Å². The van der Waals surface area contributed by atoms with Crippen LogP contribution in [0.4, 0.5) is 0 Å². The Morgan fingerprint density at radius 2 is 0.547 bits per heavy atom. The van der Waals surface area contributed by atoms with Gasteiger partial charge in [0.2, 0.25) is 0 Å². The fraction of sp³-hybridized carbons (Fsp3) is 0. The van der Waals surface area contributed by atoms with E-state index in [0.717, 1.165) is 0 Å². The van der Waals surface area contributed by atoms with Gasteiger partial charge in [0.05, 0.1) is 10.6 Å². The minimum atomic E-state index is -4.31. The number of hydrogen-bond acceptors (Lipinski definition) is 12. The molecular weight excluding hydrogens is 884 g/mol. The zero-order valence-electron chi connectivity index (χ0n) is 33.8. The van der Waals surface area contributed by atoms with Crippen molar-refractivity contribution in [2.75, 3.05) is 0 Å². The monoisotopic (exact) mass is 924 g/mol. The summed E-state index contributed by atoms with van der Waals surface area (Å²) in [6, 6.07) is 62.5. The van der Waals surface area contributed by atoms with Crippen LogP contribution in [0.5, 0.6) is 46.0 Å². The lowest BCUT2D eigenvalue weighted by Crippen LogP contribution is -2.20. The maximum atomic E-state index is 10.8. The van der Waals surface area contributed by atoms with Gasteiger partial charge in [0.1, 0.15) is 53.2 Å². The fourth-order valence-electron chi connectivity index (χ4n) is 6.67. The molecule has 0 radical (unpaired) electrons. The molecule has 0 aromatic heterocycles. The van der Waals surface area contributed by atoms with E-state index in [1.807, 2.05) is 72.8 Å². The molecule has 0 saturated carbocycles. The summed E-state index contributed by atoms with van der Waals surface area (Å²) in [5.74, 6) is 1.55. The van der Waals surface area contributed by atoms with Gasteiger partial charge in [-0.05, 0) is 146 Å². The number of rotatable bonds is 12. The van der Waals surface area contributed by atoms with Gasteiger partial charge in [0, 0.05) is 10.6 Å². The molecule has 0 amide bonds. The van der Waals surface area contributed by atoms with Crippen molar-refractivity contribution in [1.82, 2.24) is 0 Å². The molecule has 0 fully saturated rings. The molecule has 1 heterocycles. The van der Waals surface area contributed by atoms with Crippen LogP contribution in [0.3, 0.4) is 0 Å². The third-order valence-corrected chi connectivity index (χ3v) is 23.2. The number of hydrogen-bond donors (Lipinski definition) is 4. The number of phenolic OH excluding ortho intramolecular Hbond substituents is 4. The largest absolute Gasteiger partial charge is 0.508 e. The molecule has 4 N–H and O–H groups in total. The van der Waals surface area contributed by atoms with E-state index in [1.54, 1.807) is 121 Å². The first kappa shape index (κ1) is 42.4. The van der Waals surface area contributed by atoms with Gasteiger partial charge < -0.3 is 38.5 Å². The molecule has 2 unspecified atom stereocenters. The van der Waals surface area contributed by atoms with Crippen molar-refractivity contribution >= 4 is 50.9 Å². The molecule has 0 saturated heterocycles. The van der Waals surface area contributed by atoms with E-state index in [0.29, 0.717) is 44.2 Å². The normalized spacial score (nSPS) is 18.5. The summed E-state index contributed by atoms with van der Waals surface area (Å²) < 4.78 is 52.4. The van der Waals surface area contributed by atoms with Gasteiger partial charge in [-0.15, -0.1) is 9.03 Å². The van der Waals surface area contributed by atoms with Crippen molar-refractivity contribution in [3.05, 3.63) is 218 Å². The second-order valence-electron chi connectivity index (χ2n) is 14.2. The van der Waals surface area contributed by atoms with Crippen LogP contribution in [0, 0.1) is 0 Å². The van der Waals surface area contributed by atoms with E-state index in [4.69, 9.17) is 36.2 Å². The van der Waals surface area contributed by atoms with Gasteiger partial charge in [0.15, 0.2) is 0 Å². The Balaban J connectivity index is 1.58. The van der Waals surface area contributed by atoms with Crippen LogP contribution in [-0.4, -0.2) is 20.4 Å². The Hall–Kier alpha value is -6.92. The number of benzene rings is 8. The number of aromatic hydroxyl groups is 4. The zero-order chi connectivity index (χ0) is 44.0. The summed E-state index contributed by atoms with van der Waals surface area (Å²) in [6.07, 6.45) is 0. The summed E-state index contributed by atoms with van der Waals surface area (Å²) in [5.41, 5.74) is 0. The zero-order valence-corrected chi connectivity index (χ0v) is 37.4. The third-order valence-electron chi connectivity index (χ3n) is 9.65. The van der Waals surface area contributed by atoms with Crippen molar-refractivity contribution in [2.24, 2.45) is 18.1 Å². The number of para-hydroxylation sites is 4. The van der Waals surface area contributed by atoms with Crippen molar-refractivity contribution < 1.29 is 38.5 Å². The van der Waals surface area contributed by atoms with Gasteiger partial charge in [0.25, 0.3) is 14.9 Å². The lowest BCUT2D eigenvalue weighted by molar-refractivity contribution is 0.474. The van der Waals surface area contributed by atoms with E-state index < -0.39 is 29.7 Å². The standard InChI is InChI=1S/C48H40N4O8P4/c53-37-21-29-45(30-22-37)61(46-31-23-38(54)24-32-46)49-62(47-33-25-39(55)26-34-47,57-41-13-5-1-6-14-41)51-64(59-43-17-9-3-10-18-43,60-44-19-11-4-12-20-44)52-63(50-61,48-35-27-40(56)28-36-48)58-42-15-7-2-8-16-42/h1-36,53-56H. The highest BCUT2D eigenvalue weighted by molar-refractivity contribution is 7.92. The SMILES string of the molecule is Oc1ccc(P2(Oc3ccccc3)=NP(Oc3ccccc3)(Oc3ccccc3)=NP(Oc3ccccc3)(c3ccc(O)cc3)=NP(c3ccc(O)cc3)(c3ccc(O)cc3)=N2)cc1. The smallest absolute Gasteiger partial charge is 0.455 e. The first-order chi connectivity index (χ1) is 31.1. The van der Waals surface area contributed by atoms with Crippen molar-refractivity contribution in [2.45, 2.75) is 0 Å². The summed E-state index contributed by atoms with van der Waals surface area (Å²) in [6.45, 7) is 0. The minimum absolute atomic E-state index is 0.00294. The van der Waals surface area contributed by atoms with Crippen LogP contribution >= 0.6 is 29.7 Å². The lowest BCUT2D eigenvalue weighted by Gasteiger charge is -2.35. The quantitative estimate of drug-likeness (QED) is 0.0878. The maximum Gasteiger partial charge on any atom is 0.455 e. The third kappa shape index (κ3) is 9.10. The first-order valence-electron chi connectivity index (χ1n) is 19.9. The molecule has 8 aromatic rings. The Bertz CT molecular complexity index is 2930. The second kappa shape index (κ2) is 18.1. The highest BCUT2D eigenvalue weighted by atomic mass is 31.3. The first-order valence-corrected chi connectivity index (χ1v) is 26.3. The van der Waals surface area contributed by atoms with E-state index >= 15 is 0 Å². The van der Waals surface area contributed by atoms with Crippen molar-refractivity contribution in [3.8, 4) is 46.0 Å². The molecule has 0 spiro atoms. The molecule has 1 aliphatic heterocycles. The molecule has 16 heteroatoms. The fourth-order valence-corrected chi connectivity index (χ4v) is 22.6. The Kier molecular flexibility index (Phi) is 12.0. The van der Waals surface area contributed by atoms with Gasteiger partial charge >= 0.3 is 7.66 Å². The second-order valence-corrected chi connectivity index (χ2v) is 24.2. The lowest BCUT2D eigenvalue weighted by atomic mass is 10.3. The van der Waals surface area contributed by atoms with Crippen LogP contribution in [-0.2, 0) is 0 Å². The molecule has 12 nitrogen and oxygen atoms in total. The molecule has 8 aromatic carbocycles. The van der Waals surface area contributed by atoms with Crippen LogP contribution < -0.4 is 39.3 Å². The molecule has 320 valence electrons. The van der Waals surface area contributed by atoms with Gasteiger partial charge in [-0.2, -0.15) is 9.03 Å². The van der Waals surface area contributed by atoms with Gasteiger partial charge in [-0.1, -0.05) is 72.8 Å². The highest BCUT2D eigenvalue weighted by Crippen LogP contribution is 2.78. The van der Waals surface area contributed by atoms with Crippen molar-refractivity contribution in [1.29, 1.82) is 0 Å². The summed E-state index contributed by atoms with van der Waals surface area (Å²) in [4.78, 5) is 0. The molecule has 2 atom stereocenters. The molecule has 0 aliphatic carbocycles. The average molecular weight is 925 g/mol. The average Bonchev–Trinajstić information content (AvgIpc) is 3.30. The van der Waals surface area contributed by atoms with Crippen LogP contribution in [0.15, 0.2) is 236 Å². The van der Waals surface area contributed by atoms with E-state index in [9.17, 15) is 20.4 Å². The van der Waals surface area contributed by atoms with Crippen LogP contribution in [0.25, 0.3) is 0 Å². The van der Waals surface area contributed by atoms with E-state index in [1.165, 1.54) is 24.3 Å². The topological polar surface area (TPSA) is 167 Å². The molecule has 1 aliphatic rings. The van der Waals surface area contributed by atoms with Gasteiger partial charge in [-0.3, -0.25) is 0 Å². The van der Waals surface area contributed by atoms with Crippen LogP contribution in [0.1, 0.15) is 0 Å². The maximum absolute atomic E-state index is 10.8. The Labute approximate surface area is 370 Å². The predicted octanol–water partition coefficient (Wildman–Crippen LogP) is 12.6. The summed E-state index contributed by atoms with van der Waals surface area (Å²) in [5, 5.41) is 45.1. The summed E-state index contributed by atoms with van der Waals surface area (Å²) in [7, 11) is -16.3. The Morgan fingerprint density at radius 1 is 0.266 bits per heavy atom. The highest BCUT2D eigenvalue weighted by Gasteiger charge is 2.46. The van der Waals surface area contributed by atoms with Gasteiger partial charge in [-0.25, -0.2) is 0 Å². The summed E-state index contributed by atoms with van der Waals surface area (Å²) >= 11 is 0. The molecule has 64 heavy (non-hydrogen) atoms.